The standard InChI is InChI=1S/C18H28N4/c1-6-12-15(19)9-8-14(18(20)21)17(12)13(7-2)16(22-5)10-11(3)4/h6-11,18,22H,1,19-21H2,2-5H3/b13-7+,16-10+. The van der Waals surface area contributed by atoms with Crippen LogP contribution < -0.4 is 22.5 Å². The molecule has 7 N–H and O–H groups in total. The summed E-state index contributed by atoms with van der Waals surface area (Å²) < 4.78 is 0. The summed E-state index contributed by atoms with van der Waals surface area (Å²) in [7, 11) is 1.90. The van der Waals surface area contributed by atoms with Crippen molar-refractivity contribution in [3.05, 3.63) is 53.3 Å². The maximum absolute atomic E-state index is 6.12. The predicted molar refractivity (Wildman–Crippen MR) is 97.7 cm³/mol. The first kappa shape index (κ1) is 18.0. The van der Waals surface area contributed by atoms with Crippen LogP contribution in [0.5, 0.6) is 0 Å². The summed E-state index contributed by atoms with van der Waals surface area (Å²) in [5.74, 6) is 0.403. The van der Waals surface area contributed by atoms with E-state index in [-0.39, 0.29) is 0 Å². The van der Waals surface area contributed by atoms with Gasteiger partial charge in [0, 0.05) is 29.6 Å². The molecule has 4 heteroatoms. The van der Waals surface area contributed by atoms with Crippen molar-refractivity contribution in [3.63, 3.8) is 0 Å². The average Bonchev–Trinajstić information content (AvgIpc) is 2.46. The molecule has 0 aliphatic heterocycles. The molecule has 120 valence electrons. The molecule has 0 aromatic heterocycles. The second-order valence-corrected chi connectivity index (χ2v) is 5.54. The Labute approximate surface area is 133 Å². The Morgan fingerprint density at radius 2 is 1.91 bits per heavy atom. The summed E-state index contributed by atoms with van der Waals surface area (Å²) in [6, 6.07) is 3.70. The van der Waals surface area contributed by atoms with E-state index >= 15 is 0 Å². The molecule has 0 amide bonds. The van der Waals surface area contributed by atoms with Gasteiger partial charge in [-0.05, 0) is 30.0 Å². The van der Waals surface area contributed by atoms with Crippen molar-refractivity contribution in [1.29, 1.82) is 0 Å². The lowest BCUT2D eigenvalue weighted by Gasteiger charge is -2.22. The molecule has 1 aromatic carbocycles. The largest absolute Gasteiger partial charge is 0.398 e. The number of hydrogen-bond acceptors (Lipinski definition) is 4. The molecule has 0 spiro atoms. The van der Waals surface area contributed by atoms with E-state index in [1.807, 2.05) is 32.2 Å². The molecule has 22 heavy (non-hydrogen) atoms. The molecule has 0 saturated carbocycles. The highest BCUT2D eigenvalue weighted by Gasteiger charge is 2.18. The fourth-order valence-corrected chi connectivity index (χ4v) is 2.53. The molecule has 0 heterocycles. The van der Waals surface area contributed by atoms with E-state index < -0.39 is 6.17 Å². The summed E-state index contributed by atoms with van der Waals surface area (Å²) in [5, 5.41) is 3.26. The van der Waals surface area contributed by atoms with Crippen molar-refractivity contribution < 1.29 is 0 Å². The zero-order valence-corrected chi connectivity index (χ0v) is 14.0. The quantitative estimate of drug-likeness (QED) is 0.369. The number of hydrogen-bond donors (Lipinski definition) is 4. The second kappa shape index (κ2) is 7.82. The number of nitrogen functional groups attached to an aromatic ring is 1. The first-order valence-electron chi connectivity index (χ1n) is 7.49. The van der Waals surface area contributed by atoms with Gasteiger partial charge in [0.05, 0.1) is 6.17 Å². The SMILES string of the molecule is C=Cc1c(N)ccc(C(N)N)c1C(=C/C)/C(=C\C(C)C)NC. The highest BCUT2D eigenvalue weighted by molar-refractivity contribution is 5.88. The van der Waals surface area contributed by atoms with Crippen LogP contribution in [0.3, 0.4) is 0 Å². The van der Waals surface area contributed by atoms with Gasteiger partial charge in [-0.2, -0.15) is 0 Å². The van der Waals surface area contributed by atoms with E-state index in [0.29, 0.717) is 11.6 Å². The molecule has 0 aliphatic rings. The van der Waals surface area contributed by atoms with Crippen LogP contribution in [0.4, 0.5) is 5.69 Å². The minimum absolute atomic E-state index is 0.403. The zero-order chi connectivity index (χ0) is 16.9. The van der Waals surface area contributed by atoms with Crippen LogP contribution in [0.25, 0.3) is 11.6 Å². The van der Waals surface area contributed by atoms with Crippen LogP contribution in [-0.2, 0) is 0 Å². The number of likely N-dealkylation sites (N-methyl/N-ethyl adjacent to an activating group) is 1. The Kier molecular flexibility index (Phi) is 6.40. The Morgan fingerprint density at radius 1 is 1.27 bits per heavy atom. The molecule has 0 bridgehead atoms. The molecule has 0 atom stereocenters. The monoisotopic (exact) mass is 300 g/mol. The van der Waals surface area contributed by atoms with E-state index in [1.54, 1.807) is 6.08 Å². The van der Waals surface area contributed by atoms with E-state index in [0.717, 1.165) is 28.0 Å². The summed E-state index contributed by atoms with van der Waals surface area (Å²) in [6.45, 7) is 10.1. The number of rotatable bonds is 6. The Hall–Kier alpha value is -2.04. The van der Waals surface area contributed by atoms with Crippen LogP contribution in [0.2, 0.25) is 0 Å². The smallest absolute Gasteiger partial charge is 0.0790 e. The fourth-order valence-electron chi connectivity index (χ4n) is 2.53. The van der Waals surface area contributed by atoms with Gasteiger partial charge in [-0.1, -0.05) is 44.7 Å². The van der Waals surface area contributed by atoms with Crippen LogP contribution in [0.1, 0.15) is 43.6 Å². The fraction of sp³-hybridized carbons (Fsp3) is 0.333. The lowest BCUT2D eigenvalue weighted by molar-refractivity contribution is 0.770. The van der Waals surface area contributed by atoms with Crippen LogP contribution in [-0.4, -0.2) is 7.05 Å². The number of nitrogens with two attached hydrogens (primary N) is 3. The van der Waals surface area contributed by atoms with Gasteiger partial charge in [-0.15, -0.1) is 0 Å². The number of allylic oxidation sites excluding steroid dienone is 3. The van der Waals surface area contributed by atoms with Gasteiger partial charge in [-0.25, -0.2) is 0 Å². The van der Waals surface area contributed by atoms with Gasteiger partial charge in [0.2, 0.25) is 0 Å². The van der Waals surface area contributed by atoms with Gasteiger partial charge in [0.1, 0.15) is 0 Å². The number of anilines is 1. The molecule has 1 aromatic rings. The maximum Gasteiger partial charge on any atom is 0.0790 e. The third kappa shape index (κ3) is 3.78. The van der Waals surface area contributed by atoms with Gasteiger partial charge in [0.25, 0.3) is 0 Å². The van der Waals surface area contributed by atoms with E-state index in [1.165, 1.54) is 0 Å². The molecule has 0 unspecified atom stereocenters. The molecular formula is C18H28N4. The van der Waals surface area contributed by atoms with Crippen molar-refractivity contribution >= 4 is 17.3 Å². The summed E-state index contributed by atoms with van der Waals surface area (Å²) in [5.41, 5.74) is 23.4. The molecule has 0 aliphatic carbocycles. The van der Waals surface area contributed by atoms with Gasteiger partial charge in [0.15, 0.2) is 0 Å². The van der Waals surface area contributed by atoms with E-state index in [2.05, 4.69) is 31.8 Å². The maximum atomic E-state index is 6.12. The van der Waals surface area contributed by atoms with Crippen molar-refractivity contribution in [2.24, 2.45) is 17.4 Å². The van der Waals surface area contributed by atoms with Crippen LogP contribution in [0.15, 0.2) is 36.6 Å². The van der Waals surface area contributed by atoms with Crippen molar-refractivity contribution in [3.8, 4) is 0 Å². The third-order valence-electron chi connectivity index (χ3n) is 3.49. The predicted octanol–water partition coefficient (Wildman–Crippen LogP) is 2.99. The molecule has 0 saturated heterocycles. The third-order valence-corrected chi connectivity index (χ3v) is 3.49. The topological polar surface area (TPSA) is 90.1 Å². The second-order valence-electron chi connectivity index (χ2n) is 5.54. The van der Waals surface area contributed by atoms with Crippen molar-refractivity contribution in [2.45, 2.75) is 26.9 Å². The average molecular weight is 300 g/mol. The Morgan fingerprint density at radius 3 is 2.32 bits per heavy atom. The first-order chi connectivity index (χ1) is 10.4. The lowest BCUT2D eigenvalue weighted by Crippen LogP contribution is -2.23. The minimum atomic E-state index is -0.582. The van der Waals surface area contributed by atoms with Crippen LogP contribution >= 0.6 is 0 Å². The molecule has 0 fully saturated rings. The zero-order valence-electron chi connectivity index (χ0n) is 14.0. The summed E-state index contributed by atoms with van der Waals surface area (Å²) in [6.07, 6.45) is 5.37. The molecule has 4 nitrogen and oxygen atoms in total. The lowest BCUT2D eigenvalue weighted by atomic mass is 9.89. The Balaban J connectivity index is 3.70. The van der Waals surface area contributed by atoms with Gasteiger partial charge in [-0.3, -0.25) is 0 Å². The van der Waals surface area contributed by atoms with E-state index in [9.17, 15) is 0 Å². The van der Waals surface area contributed by atoms with E-state index in [4.69, 9.17) is 17.2 Å². The Bertz CT molecular complexity index is 595. The molecular weight excluding hydrogens is 272 g/mol. The summed E-state index contributed by atoms with van der Waals surface area (Å²) in [4.78, 5) is 0. The summed E-state index contributed by atoms with van der Waals surface area (Å²) >= 11 is 0. The highest BCUT2D eigenvalue weighted by Crippen LogP contribution is 2.34. The van der Waals surface area contributed by atoms with Crippen molar-refractivity contribution in [1.82, 2.24) is 5.32 Å². The van der Waals surface area contributed by atoms with Crippen LogP contribution in [0, 0.1) is 5.92 Å². The molecule has 1 rings (SSSR count). The van der Waals surface area contributed by atoms with Gasteiger partial charge >= 0.3 is 0 Å². The van der Waals surface area contributed by atoms with Crippen molar-refractivity contribution in [2.75, 3.05) is 12.8 Å². The molecule has 0 radical (unpaired) electrons. The normalized spacial score (nSPS) is 12.9. The highest BCUT2D eigenvalue weighted by atomic mass is 14.9. The first-order valence-corrected chi connectivity index (χ1v) is 7.49. The minimum Gasteiger partial charge on any atom is -0.398 e. The number of nitrogens with one attached hydrogen (secondary N) is 1. The van der Waals surface area contributed by atoms with Gasteiger partial charge < -0.3 is 22.5 Å². The number of benzene rings is 1.